The van der Waals surface area contributed by atoms with Gasteiger partial charge in [-0.05, 0) is 72.3 Å². The predicted octanol–water partition coefficient (Wildman–Crippen LogP) is 8.49. The Morgan fingerprint density at radius 1 is 0.818 bits per heavy atom. The Morgan fingerprint density at radius 2 is 1.58 bits per heavy atom. The Balaban J connectivity index is 1.53. The Bertz CT molecular complexity index is 1410. The van der Waals surface area contributed by atoms with Crippen molar-refractivity contribution in [2.45, 2.75) is 0 Å². The number of carbonyl (C=O) groups excluding carboxylic acids is 1. The number of hydrogen-bond acceptors (Lipinski definition) is 2. The van der Waals surface area contributed by atoms with E-state index in [1.807, 2.05) is 78.9 Å². The SMILES string of the molecule is O=C1C(=Cc2ccc(-c3ccc(Cl)c(Cl)c3)o2)C=C(c2ccccc2)N1c1ccc(Br)cc1. The summed E-state index contributed by atoms with van der Waals surface area (Å²) in [5, 5.41) is 0.939. The van der Waals surface area contributed by atoms with Crippen LogP contribution in [0.2, 0.25) is 10.0 Å². The van der Waals surface area contributed by atoms with Crippen LogP contribution in [-0.2, 0) is 4.79 Å². The number of halogens is 3. The van der Waals surface area contributed by atoms with Crippen LogP contribution in [0.5, 0.6) is 0 Å². The predicted molar refractivity (Wildman–Crippen MR) is 138 cm³/mol. The van der Waals surface area contributed by atoms with E-state index in [4.69, 9.17) is 27.6 Å². The van der Waals surface area contributed by atoms with Gasteiger partial charge in [-0.2, -0.15) is 0 Å². The summed E-state index contributed by atoms with van der Waals surface area (Å²) in [6.07, 6.45) is 3.65. The van der Waals surface area contributed by atoms with Gasteiger partial charge in [-0.25, -0.2) is 0 Å². The minimum absolute atomic E-state index is 0.122. The van der Waals surface area contributed by atoms with Crippen LogP contribution >= 0.6 is 39.1 Å². The number of carbonyl (C=O) groups is 1. The lowest BCUT2D eigenvalue weighted by molar-refractivity contribution is -0.113. The Hall–Kier alpha value is -3.05. The molecule has 1 aliphatic heterocycles. The van der Waals surface area contributed by atoms with Crippen LogP contribution < -0.4 is 4.90 Å². The monoisotopic (exact) mass is 535 g/mol. The summed E-state index contributed by atoms with van der Waals surface area (Å²) in [6, 6.07) is 26.5. The molecule has 3 aromatic carbocycles. The summed E-state index contributed by atoms with van der Waals surface area (Å²) < 4.78 is 6.94. The first-order chi connectivity index (χ1) is 16.0. The molecule has 5 rings (SSSR count). The lowest BCUT2D eigenvalue weighted by Crippen LogP contribution is -2.24. The summed E-state index contributed by atoms with van der Waals surface area (Å²) in [7, 11) is 0. The molecule has 33 heavy (non-hydrogen) atoms. The van der Waals surface area contributed by atoms with Crippen LogP contribution in [0, 0.1) is 0 Å². The van der Waals surface area contributed by atoms with E-state index in [0.717, 1.165) is 27.0 Å². The lowest BCUT2D eigenvalue weighted by atomic mass is 10.1. The van der Waals surface area contributed by atoms with Gasteiger partial charge in [0, 0.05) is 21.3 Å². The van der Waals surface area contributed by atoms with Crippen molar-refractivity contribution in [2.75, 3.05) is 4.90 Å². The lowest BCUT2D eigenvalue weighted by Gasteiger charge is -2.20. The maximum absolute atomic E-state index is 13.5. The molecule has 162 valence electrons. The van der Waals surface area contributed by atoms with Gasteiger partial charge in [0.1, 0.15) is 11.5 Å². The van der Waals surface area contributed by atoms with Gasteiger partial charge in [-0.3, -0.25) is 9.69 Å². The van der Waals surface area contributed by atoms with Crippen LogP contribution in [0.25, 0.3) is 23.1 Å². The van der Waals surface area contributed by atoms with E-state index in [1.54, 1.807) is 23.1 Å². The molecule has 6 heteroatoms. The molecule has 0 atom stereocenters. The zero-order valence-corrected chi connectivity index (χ0v) is 20.2. The van der Waals surface area contributed by atoms with E-state index >= 15 is 0 Å². The quantitative estimate of drug-likeness (QED) is 0.245. The van der Waals surface area contributed by atoms with E-state index in [9.17, 15) is 4.79 Å². The van der Waals surface area contributed by atoms with Gasteiger partial charge in [0.2, 0.25) is 0 Å². The summed E-state index contributed by atoms with van der Waals surface area (Å²) in [5.74, 6) is 1.09. The third-order valence-electron chi connectivity index (χ3n) is 5.27. The minimum atomic E-state index is -0.122. The fourth-order valence-electron chi connectivity index (χ4n) is 3.67. The van der Waals surface area contributed by atoms with Crippen LogP contribution in [0.15, 0.2) is 105 Å². The van der Waals surface area contributed by atoms with E-state index < -0.39 is 0 Å². The van der Waals surface area contributed by atoms with Crippen LogP contribution in [0.3, 0.4) is 0 Å². The fourth-order valence-corrected chi connectivity index (χ4v) is 4.23. The summed E-state index contributed by atoms with van der Waals surface area (Å²) in [5.41, 5.74) is 3.90. The van der Waals surface area contributed by atoms with Gasteiger partial charge in [0.15, 0.2) is 0 Å². The molecule has 3 nitrogen and oxygen atoms in total. The first-order valence-corrected chi connectivity index (χ1v) is 11.7. The van der Waals surface area contributed by atoms with Crippen molar-refractivity contribution in [1.82, 2.24) is 0 Å². The van der Waals surface area contributed by atoms with Crippen LogP contribution in [0.4, 0.5) is 5.69 Å². The van der Waals surface area contributed by atoms with Gasteiger partial charge in [-0.1, -0.05) is 69.5 Å². The van der Waals surface area contributed by atoms with Crippen molar-refractivity contribution in [3.05, 3.63) is 122 Å². The van der Waals surface area contributed by atoms with Gasteiger partial charge < -0.3 is 4.42 Å². The standard InChI is InChI=1S/C27H16BrCl2NO2/c28-20-7-9-21(10-8-20)31-25(17-4-2-1-3-5-17)16-19(27(31)32)14-22-11-13-26(33-22)18-6-12-23(29)24(30)15-18/h1-16H. The molecular formula is C27H16BrCl2NO2. The van der Waals surface area contributed by atoms with Crippen molar-refractivity contribution in [3.8, 4) is 11.3 Å². The number of nitrogens with zero attached hydrogens (tertiary/aromatic N) is 1. The second-order valence-corrected chi connectivity index (χ2v) is 9.17. The van der Waals surface area contributed by atoms with Gasteiger partial charge >= 0.3 is 0 Å². The highest BCUT2D eigenvalue weighted by Gasteiger charge is 2.30. The third kappa shape index (κ3) is 4.42. The summed E-state index contributed by atoms with van der Waals surface area (Å²) in [6.45, 7) is 0. The number of anilines is 1. The first-order valence-electron chi connectivity index (χ1n) is 10.1. The molecule has 2 heterocycles. The van der Waals surface area contributed by atoms with Crippen molar-refractivity contribution in [2.24, 2.45) is 0 Å². The maximum atomic E-state index is 13.5. The normalized spacial score (nSPS) is 14.8. The number of rotatable bonds is 4. The third-order valence-corrected chi connectivity index (χ3v) is 6.53. The van der Waals surface area contributed by atoms with Crippen LogP contribution in [0.1, 0.15) is 11.3 Å². The zero-order chi connectivity index (χ0) is 22.9. The molecule has 1 amide bonds. The topological polar surface area (TPSA) is 33.5 Å². The summed E-state index contributed by atoms with van der Waals surface area (Å²) >= 11 is 15.6. The van der Waals surface area contributed by atoms with E-state index in [1.165, 1.54) is 0 Å². The van der Waals surface area contributed by atoms with Crippen molar-refractivity contribution < 1.29 is 9.21 Å². The van der Waals surface area contributed by atoms with Crippen molar-refractivity contribution in [3.63, 3.8) is 0 Å². The van der Waals surface area contributed by atoms with E-state index in [0.29, 0.717) is 27.1 Å². The second kappa shape index (κ2) is 9.06. The van der Waals surface area contributed by atoms with Gasteiger partial charge in [0.05, 0.1) is 15.7 Å². The first kappa shape index (κ1) is 21.8. The smallest absolute Gasteiger partial charge is 0.263 e. The highest BCUT2D eigenvalue weighted by molar-refractivity contribution is 9.10. The Labute approximate surface area is 209 Å². The van der Waals surface area contributed by atoms with Crippen LogP contribution in [-0.4, -0.2) is 5.91 Å². The highest BCUT2D eigenvalue weighted by Crippen LogP contribution is 2.36. The molecule has 0 saturated heterocycles. The number of hydrogen-bond donors (Lipinski definition) is 0. The molecule has 0 unspecified atom stereocenters. The Kier molecular flexibility index (Phi) is 5.98. The molecule has 0 spiro atoms. The molecule has 0 radical (unpaired) electrons. The van der Waals surface area contributed by atoms with Crippen molar-refractivity contribution in [1.29, 1.82) is 0 Å². The largest absolute Gasteiger partial charge is 0.457 e. The zero-order valence-electron chi connectivity index (χ0n) is 17.1. The Morgan fingerprint density at radius 3 is 2.30 bits per heavy atom. The number of amides is 1. The van der Waals surface area contributed by atoms with E-state index in [2.05, 4.69) is 15.9 Å². The number of furan rings is 1. The van der Waals surface area contributed by atoms with Gasteiger partial charge in [0.25, 0.3) is 5.91 Å². The second-order valence-electron chi connectivity index (χ2n) is 7.44. The average Bonchev–Trinajstić information content (AvgIpc) is 3.42. The van der Waals surface area contributed by atoms with E-state index in [-0.39, 0.29) is 5.91 Å². The average molecular weight is 537 g/mol. The molecule has 0 saturated carbocycles. The molecule has 1 aromatic heterocycles. The fraction of sp³-hybridized carbons (Fsp3) is 0. The molecule has 4 aromatic rings. The highest BCUT2D eigenvalue weighted by atomic mass is 79.9. The number of benzene rings is 3. The minimum Gasteiger partial charge on any atom is -0.457 e. The van der Waals surface area contributed by atoms with Crippen molar-refractivity contribution >= 4 is 62.5 Å². The summed E-state index contributed by atoms with van der Waals surface area (Å²) in [4.78, 5) is 15.2. The molecule has 0 fully saturated rings. The maximum Gasteiger partial charge on any atom is 0.263 e. The molecular weight excluding hydrogens is 521 g/mol. The molecule has 1 aliphatic rings. The molecule has 0 N–H and O–H groups in total. The van der Waals surface area contributed by atoms with Gasteiger partial charge in [-0.15, -0.1) is 0 Å². The molecule has 0 bridgehead atoms. The molecule has 0 aliphatic carbocycles.